The summed E-state index contributed by atoms with van der Waals surface area (Å²) < 4.78 is 11.6. The summed E-state index contributed by atoms with van der Waals surface area (Å²) in [6, 6.07) is 7.20. The van der Waals surface area contributed by atoms with Crippen LogP contribution in [0.5, 0.6) is 0 Å². The van der Waals surface area contributed by atoms with E-state index in [1.54, 1.807) is 25.4 Å². The maximum Gasteiger partial charge on any atom is 0.337 e. The Morgan fingerprint density at radius 1 is 1.42 bits per heavy atom. The molecule has 0 N–H and O–H groups in total. The van der Waals surface area contributed by atoms with Gasteiger partial charge in [-0.3, -0.25) is 4.57 Å². The number of methoxy groups -OCH3 is 2. The quantitative estimate of drug-likeness (QED) is 0.477. The van der Waals surface area contributed by atoms with Crippen LogP contribution < -0.4 is 0 Å². The Labute approximate surface area is 115 Å². The highest BCUT2D eigenvalue weighted by Crippen LogP contribution is 2.21. The Bertz CT molecular complexity index is 569. The van der Waals surface area contributed by atoms with Crippen molar-refractivity contribution in [2.24, 2.45) is 0 Å². The predicted molar refractivity (Wildman–Crippen MR) is 72.6 cm³/mol. The lowest BCUT2D eigenvalue weighted by molar-refractivity contribution is 0.0600. The van der Waals surface area contributed by atoms with Crippen LogP contribution in [0.2, 0.25) is 0 Å². The fraction of sp³-hybridized carbons (Fsp3) is 0.231. The third-order valence-electron chi connectivity index (χ3n) is 2.46. The molecule has 0 saturated heterocycles. The van der Waals surface area contributed by atoms with Gasteiger partial charge < -0.3 is 9.47 Å². The van der Waals surface area contributed by atoms with Crippen LogP contribution in [0.1, 0.15) is 10.4 Å². The minimum atomic E-state index is -0.354. The van der Waals surface area contributed by atoms with Gasteiger partial charge in [-0.05, 0) is 18.2 Å². The Balaban J connectivity index is 2.31. The van der Waals surface area contributed by atoms with E-state index in [9.17, 15) is 4.79 Å². The fourth-order valence-corrected chi connectivity index (χ4v) is 2.27. The molecule has 100 valence electrons. The second-order valence-electron chi connectivity index (χ2n) is 3.67. The SMILES string of the molecule is COCSc1nccn1-c1cccc(C(=O)OC)c1. The van der Waals surface area contributed by atoms with Crippen molar-refractivity contribution in [1.82, 2.24) is 9.55 Å². The van der Waals surface area contributed by atoms with Gasteiger partial charge in [0.15, 0.2) is 5.16 Å². The lowest BCUT2D eigenvalue weighted by atomic mass is 10.2. The third-order valence-corrected chi connectivity index (χ3v) is 3.37. The molecular weight excluding hydrogens is 264 g/mol. The molecule has 5 nitrogen and oxygen atoms in total. The van der Waals surface area contributed by atoms with Gasteiger partial charge in [-0.1, -0.05) is 17.8 Å². The number of hydrogen-bond acceptors (Lipinski definition) is 5. The molecule has 0 spiro atoms. The molecule has 1 aromatic carbocycles. The van der Waals surface area contributed by atoms with Gasteiger partial charge >= 0.3 is 5.97 Å². The van der Waals surface area contributed by atoms with Crippen molar-refractivity contribution in [1.29, 1.82) is 0 Å². The lowest BCUT2D eigenvalue weighted by Gasteiger charge is -2.08. The van der Waals surface area contributed by atoms with Crippen LogP contribution in [0.15, 0.2) is 41.8 Å². The van der Waals surface area contributed by atoms with Crippen LogP contribution >= 0.6 is 11.8 Å². The van der Waals surface area contributed by atoms with E-state index in [0.717, 1.165) is 10.8 Å². The highest BCUT2D eigenvalue weighted by Gasteiger charge is 2.09. The molecule has 0 radical (unpaired) electrons. The molecule has 1 heterocycles. The molecule has 6 heteroatoms. The van der Waals surface area contributed by atoms with Crippen molar-refractivity contribution in [3.63, 3.8) is 0 Å². The standard InChI is InChI=1S/C13H14N2O3S/c1-17-9-19-13-14-6-7-15(13)11-5-3-4-10(8-11)12(16)18-2/h3-8H,9H2,1-2H3. The fourth-order valence-electron chi connectivity index (χ4n) is 1.61. The van der Waals surface area contributed by atoms with E-state index in [-0.39, 0.29) is 5.97 Å². The van der Waals surface area contributed by atoms with Gasteiger partial charge in [-0.25, -0.2) is 9.78 Å². The molecule has 2 aromatic rings. The number of rotatable bonds is 5. The van der Waals surface area contributed by atoms with Gasteiger partial charge in [0.2, 0.25) is 0 Å². The van der Waals surface area contributed by atoms with Crippen molar-refractivity contribution in [3.05, 3.63) is 42.2 Å². The highest BCUT2D eigenvalue weighted by atomic mass is 32.2. The number of aromatic nitrogens is 2. The topological polar surface area (TPSA) is 53.4 Å². The van der Waals surface area contributed by atoms with Crippen molar-refractivity contribution in [2.75, 3.05) is 20.2 Å². The zero-order chi connectivity index (χ0) is 13.7. The summed E-state index contributed by atoms with van der Waals surface area (Å²) in [6.45, 7) is 0. The zero-order valence-electron chi connectivity index (χ0n) is 10.7. The van der Waals surface area contributed by atoms with Crippen molar-refractivity contribution in [2.45, 2.75) is 5.16 Å². The van der Waals surface area contributed by atoms with Gasteiger partial charge in [-0.15, -0.1) is 0 Å². The molecule has 0 aliphatic carbocycles. The Hall–Kier alpha value is -1.79. The molecule has 0 unspecified atom stereocenters. The molecule has 0 fully saturated rings. The summed E-state index contributed by atoms with van der Waals surface area (Å²) in [4.78, 5) is 15.8. The van der Waals surface area contributed by atoms with Gasteiger partial charge in [0.05, 0.1) is 18.6 Å². The first kappa shape index (κ1) is 13.6. The molecular formula is C13H14N2O3S. The maximum absolute atomic E-state index is 11.5. The first-order chi connectivity index (χ1) is 9.26. The van der Waals surface area contributed by atoms with Crippen LogP contribution in [0.4, 0.5) is 0 Å². The summed E-state index contributed by atoms with van der Waals surface area (Å²) in [5.74, 6) is 0.168. The van der Waals surface area contributed by atoms with Crippen LogP contribution in [0.3, 0.4) is 0 Å². The molecule has 0 atom stereocenters. The number of benzene rings is 1. The Kier molecular flexibility index (Phi) is 4.59. The first-order valence-corrected chi connectivity index (χ1v) is 6.58. The lowest BCUT2D eigenvalue weighted by Crippen LogP contribution is -2.03. The summed E-state index contributed by atoms with van der Waals surface area (Å²) in [6.07, 6.45) is 3.55. The van der Waals surface area contributed by atoms with E-state index in [1.807, 2.05) is 22.9 Å². The number of hydrogen-bond donors (Lipinski definition) is 0. The average Bonchev–Trinajstić information content (AvgIpc) is 2.92. The highest BCUT2D eigenvalue weighted by molar-refractivity contribution is 7.99. The number of carbonyl (C=O) groups excluding carboxylic acids is 1. The molecule has 0 amide bonds. The summed E-state index contributed by atoms with van der Waals surface area (Å²) in [7, 11) is 3.00. The number of thioether (sulfide) groups is 1. The van der Waals surface area contributed by atoms with Gasteiger partial charge in [0, 0.05) is 25.2 Å². The normalized spacial score (nSPS) is 10.4. The van der Waals surface area contributed by atoms with E-state index >= 15 is 0 Å². The Morgan fingerprint density at radius 3 is 3.00 bits per heavy atom. The van der Waals surface area contributed by atoms with Gasteiger partial charge in [-0.2, -0.15) is 0 Å². The maximum atomic E-state index is 11.5. The molecule has 0 saturated carbocycles. The van der Waals surface area contributed by atoms with E-state index < -0.39 is 0 Å². The van der Waals surface area contributed by atoms with Crippen LogP contribution in [0, 0.1) is 0 Å². The number of carbonyl (C=O) groups is 1. The number of nitrogens with zero attached hydrogens (tertiary/aromatic N) is 2. The van der Waals surface area contributed by atoms with Crippen LogP contribution in [-0.4, -0.2) is 35.7 Å². The molecule has 1 aromatic heterocycles. The van der Waals surface area contributed by atoms with E-state index in [0.29, 0.717) is 11.5 Å². The number of ether oxygens (including phenoxy) is 2. The zero-order valence-corrected chi connectivity index (χ0v) is 11.5. The number of esters is 1. The summed E-state index contributed by atoms with van der Waals surface area (Å²) >= 11 is 1.48. The largest absolute Gasteiger partial charge is 0.465 e. The van der Waals surface area contributed by atoms with E-state index in [2.05, 4.69) is 4.98 Å². The van der Waals surface area contributed by atoms with Crippen molar-refractivity contribution in [3.8, 4) is 5.69 Å². The van der Waals surface area contributed by atoms with E-state index in [4.69, 9.17) is 9.47 Å². The number of imidazole rings is 1. The van der Waals surface area contributed by atoms with E-state index in [1.165, 1.54) is 18.9 Å². The monoisotopic (exact) mass is 278 g/mol. The summed E-state index contributed by atoms with van der Waals surface area (Å²) in [5, 5.41) is 0.809. The first-order valence-electron chi connectivity index (χ1n) is 5.60. The van der Waals surface area contributed by atoms with Crippen LogP contribution in [0.25, 0.3) is 5.69 Å². The Morgan fingerprint density at radius 2 is 2.26 bits per heavy atom. The van der Waals surface area contributed by atoms with Gasteiger partial charge in [0.1, 0.15) is 0 Å². The predicted octanol–water partition coefficient (Wildman–Crippen LogP) is 2.35. The van der Waals surface area contributed by atoms with Gasteiger partial charge in [0.25, 0.3) is 0 Å². The van der Waals surface area contributed by atoms with Crippen LogP contribution in [-0.2, 0) is 9.47 Å². The second kappa shape index (κ2) is 6.40. The van der Waals surface area contributed by atoms with Crippen molar-refractivity contribution >= 4 is 17.7 Å². The third kappa shape index (κ3) is 3.15. The smallest absolute Gasteiger partial charge is 0.337 e. The minimum Gasteiger partial charge on any atom is -0.465 e. The molecule has 19 heavy (non-hydrogen) atoms. The molecule has 0 aliphatic heterocycles. The molecule has 2 rings (SSSR count). The second-order valence-corrected chi connectivity index (χ2v) is 4.56. The molecule has 0 aliphatic rings. The molecule has 0 bridgehead atoms. The minimum absolute atomic E-state index is 0.354. The average molecular weight is 278 g/mol. The summed E-state index contributed by atoms with van der Waals surface area (Å²) in [5.41, 5.74) is 1.37. The van der Waals surface area contributed by atoms with Crippen molar-refractivity contribution < 1.29 is 14.3 Å².